The molecule has 1 aromatic carbocycles. The topological polar surface area (TPSA) is 81.7 Å². The molecule has 1 amide bonds. The summed E-state index contributed by atoms with van der Waals surface area (Å²) in [5.74, 6) is -1.50. The third-order valence-corrected chi connectivity index (χ3v) is 2.56. The molecule has 0 spiro atoms. The second kappa shape index (κ2) is 9.94. The van der Waals surface area contributed by atoms with E-state index in [2.05, 4.69) is 5.32 Å². The zero-order valence-electron chi connectivity index (χ0n) is 13.1. The Kier molecular flexibility index (Phi) is 7.85. The molecule has 0 aliphatic carbocycles. The minimum Gasteiger partial charge on any atom is -0.462 e. The minimum atomic E-state index is -0.601. The normalized spacial score (nSPS) is 10.7. The van der Waals surface area contributed by atoms with Gasteiger partial charge in [0, 0.05) is 11.8 Å². The number of nitrogens with one attached hydrogen (secondary N) is 1. The van der Waals surface area contributed by atoms with Gasteiger partial charge in [0.2, 0.25) is 0 Å². The van der Waals surface area contributed by atoms with Gasteiger partial charge >= 0.3 is 11.9 Å². The van der Waals surface area contributed by atoms with Gasteiger partial charge in [0.15, 0.2) is 6.61 Å². The fourth-order valence-corrected chi connectivity index (χ4v) is 1.53. The summed E-state index contributed by atoms with van der Waals surface area (Å²) >= 11 is 0. The van der Waals surface area contributed by atoms with E-state index in [4.69, 9.17) is 9.47 Å². The van der Waals surface area contributed by atoms with Gasteiger partial charge in [-0.15, -0.1) is 0 Å². The number of allylic oxidation sites excluding steroid dienone is 3. The standard InChI is InChI=1S/C17H19NO5/c1-3-5-6-7-16(20)23-12-15(19)18-14-10-8-13(9-11-14)17(21)22-4-2/h3,5-11H,4,12H2,1-2H3,(H,18,19). The number of carbonyl (C=O) groups is 3. The van der Waals surface area contributed by atoms with E-state index in [-0.39, 0.29) is 0 Å². The molecule has 0 atom stereocenters. The smallest absolute Gasteiger partial charge is 0.338 e. The molecule has 0 saturated carbocycles. The van der Waals surface area contributed by atoms with E-state index >= 15 is 0 Å². The molecule has 0 heterocycles. The Morgan fingerprint density at radius 3 is 2.39 bits per heavy atom. The van der Waals surface area contributed by atoms with Crippen molar-refractivity contribution in [2.24, 2.45) is 0 Å². The van der Waals surface area contributed by atoms with Crippen LogP contribution in [-0.2, 0) is 19.1 Å². The summed E-state index contributed by atoms with van der Waals surface area (Å²) in [7, 11) is 0. The van der Waals surface area contributed by atoms with Crippen molar-refractivity contribution in [3.63, 3.8) is 0 Å². The summed E-state index contributed by atoms with van der Waals surface area (Å²) in [5.41, 5.74) is 0.883. The summed E-state index contributed by atoms with van der Waals surface area (Å²) in [6.07, 6.45) is 6.18. The summed E-state index contributed by atoms with van der Waals surface area (Å²) in [6, 6.07) is 6.22. The molecular formula is C17H19NO5. The fourth-order valence-electron chi connectivity index (χ4n) is 1.53. The van der Waals surface area contributed by atoms with Crippen molar-refractivity contribution in [3.05, 3.63) is 54.1 Å². The highest BCUT2D eigenvalue weighted by Crippen LogP contribution is 2.10. The van der Waals surface area contributed by atoms with E-state index in [1.54, 1.807) is 43.3 Å². The molecule has 0 radical (unpaired) electrons. The molecule has 0 unspecified atom stereocenters. The van der Waals surface area contributed by atoms with E-state index in [0.29, 0.717) is 17.9 Å². The predicted octanol–water partition coefficient (Wildman–Crippen LogP) is 2.48. The fraction of sp³-hybridized carbons (Fsp3) is 0.235. The number of carbonyl (C=O) groups excluding carboxylic acids is 3. The van der Waals surface area contributed by atoms with Gasteiger partial charge in [-0.3, -0.25) is 4.79 Å². The molecule has 0 fully saturated rings. The van der Waals surface area contributed by atoms with Crippen LogP contribution < -0.4 is 5.32 Å². The summed E-state index contributed by atoms with van der Waals surface area (Å²) in [4.78, 5) is 34.4. The van der Waals surface area contributed by atoms with Crippen LogP contribution >= 0.6 is 0 Å². The summed E-state index contributed by atoms with van der Waals surface area (Å²) in [5, 5.41) is 2.56. The average molecular weight is 317 g/mol. The first-order chi connectivity index (χ1) is 11.1. The molecule has 1 N–H and O–H groups in total. The lowest BCUT2D eigenvalue weighted by molar-refractivity contribution is -0.142. The lowest BCUT2D eigenvalue weighted by Crippen LogP contribution is -2.20. The van der Waals surface area contributed by atoms with Gasteiger partial charge in [0.1, 0.15) is 0 Å². The Hall–Kier alpha value is -2.89. The first kappa shape index (κ1) is 18.2. The van der Waals surface area contributed by atoms with Crippen molar-refractivity contribution in [1.29, 1.82) is 0 Å². The third-order valence-electron chi connectivity index (χ3n) is 2.56. The van der Waals surface area contributed by atoms with Gasteiger partial charge in [-0.25, -0.2) is 9.59 Å². The number of esters is 2. The lowest BCUT2D eigenvalue weighted by atomic mass is 10.2. The molecule has 6 nitrogen and oxygen atoms in total. The maximum Gasteiger partial charge on any atom is 0.338 e. The molecule has 0 bridgehead atoms. The molecule has 6 heteroatoms. The van der Waals surface area contributed by atoms with Crippen molar-refractivity contribution in [1.82, 2.24) is 0 Å². The Labute approximate surface area is 134 Å². The van der Waals surface area contributed by atoms with Crippen LogP contribution in [0.2, 0.25) is 0 Å². The molecule has 1 rings (SSSR count). The predicted molar refractivity (Wildman–Crippen MR) is 85.9 cm³/mol. The number of benzene rings is 1. The average Bonchev–Trinajstić information content (AvgIpc) is 2.54. The van der Waals surface area contributed by atoms with Crippen LogP contribution in [0.15, 0.2) is 48.6 Å². The first-order valence-electron chi connectivity index (χ1n) is 7.10. The van der Waals surface area contributed by atoms with E-state index in [1.807, 2.05) is 6.92 Å². The van der Waals surface area contributed by atoms with Crippen LogP contribution in [0.4, 0.5) is 5.69 Å². The number of hydrogen-bond donors (Lipinski definition) is 1. The van der Waals surface area contributed by atoms with Crippen LogP contribution in [0.3, 0.4) is 0 Å². The van der Waals surface area contributed by atoms with Crippen molar-refractivity contribution in [3.8, 4) is 0 Å². The van der Waals surface area contributed by atoms with Crippen LogP contribution in [-0.4, -0.2) is 31.1 Å². The number of ether oxygens (including phenoxy) is 2. The van der Waals surface area contributed by atoms with E-state index in [9.17, 15) is 14.4 Å². The van der Waals surface area contributed by atoms with Crippen LogP contribution in [0, 0.1) is 0 Å². The quantitative estimate of drug-likeness (QED) is 0.474. The van der Waals surface area contributed by atoms with Crippen LogP contribution in [0.5, 0.6) is 0 Å². The highest BCUT2D eigenvalue weighted by atomic mass is 16.5. The van der Waals surface area contributed by atoms with Crippen molar-refractivity contribution < 1.29 is 23.9 Å². The maximum atomic E-state index is 11.7. The van der Waals surface area contributed by atoms with Crippen molar-refractivity contribution in [2.75, 3.05) is 18.5 Å². The van der Waals surface area contributed by atoms with Crippen LogP contribution in [0.1, 0.15) is 24.2 Å². The minimum absolute atomic E-state index is 0.297. The highest BCUT2D eigenvalue weighted by molar-refractivity contribution is 5.95. The second-order valence-electron chi connectivity index (χ2n) is 4.34. The lowest BCUT2D eigenvalue weighted by Gasteiger charge is -2.06. The second-order valence-corrected chi connectivity index (χ2v) is 4.34. The summed E-state index contributed by atoms with van der Waals surface area (Å²) in [6.45, 7) is 3.45. The van der Waals surface area contributed by atoms with E-state index in [1.165, 1.54) is 12.2 Å². The molecule has 0 saturated heterocycles. The Morgan fingerprint density at radius 2 is 1.78 bits per heavy atom. The first-order valence-corrected chi connectivity index (χ1v) is 7.10. The molecular weight excluding hydrogens is 298 g/mol. The molecule has 0 aromatic heterocycles. The molecule has 23 heavy (non-hydrogen) atoms. The van der Waals surface area contributed by atoms with Crippen molar-refractivity contribution in [2.45, 2.75) is 13.8 Å². The van der Waals surface area contributed by atoms with Gasteiger partial charge in [-0.2, -0.15) is 0 Å². The third kappa shape index (κ3) is 7.08. The number of anilines is 1. The zero-order chi connectivity index (χ0) is 17.1. The van der Waals surface area contributed by atoms with Crippen molar-refractivity contribution >= 4 is 23.5 Å². The zero-order valence-corrected chi connectivity index (χ0v) is 13.1. The monoisotopic (exact) mass is 317 g/mol. The van der Waals surface area contributed by atoms with Crippen LogP contribution in [0.25, 0.3) is 0 Å². The highest BCUT2D eigenvalue weighted by Gasteiger charge is 2.08. The molecule has 0 aliphatic heterocycles. The number of hydrogen-bond acceptors (Lipinski definition) is 5. The Bertz CT molecular complexity index is 602. The Balaban J connectivity index is 2.45. The molecule has 1 aromatic rings. The van der Waals surface area contributed by atoms with E-state index in [0.717, 1.165) is 0 Å². The molecule has 122 valence electrons. The number of rotatable bonds is 7. The summed E-state index contributed by atoms with van der Waals surface area (Å²) < 4.78 is 9.63. The number of amides is 1. The van der Waals surface area contributed by atoms with E-state index < -0.39 is 24.5 Å². The Morgan fingerprint density at radius 1 is 1.09 bits per heavy atom. The van der Waals surface area contributed by atoms with Gasteiger partial charge in [0.05, 0.1) is 12.2 Å². The SMILES string of the molecule is CC=CC=CC(=O)OCC(=O)Nc1ccc(C(=O)OCC)cc1. The van der Waals surface area contributed by atoms with Gasteiger partial charge in [-0.05, 0) is 38.1 Å². The van der Waals surface area contributed by atoms with Gasteiger partial charge in [0.25, 0.3) is 5.91 Å². The maximum absolute atomic E-state index is 11.7. The van der Waals surface area contributed by atoms with Gasteiger partial charge in [-0.1, -0.05) is 18.2 Å². The molecule has 0 aliphatic rings. The largest absolute Gasteiger partial charge is 0.462 e. The van der Waals surface area contributed by atoms with Gasteiger partial charge < -0.3 is 14.8 Å².